The summed E-state index contributed by atoms with van der Waals surface area (Å²) >= 11 is 0. The molecule has 0 saturated carbocycles. The van der Waals surface area contributed by atoms with Crippen LogP contribution < -0.4 is 10.9 Å². The normalized spacial score (nSPS) is 10.8. The van der Waals surface area contributed by atoms with Crippen molar-refractivity contribution in [1.29, 1.82) is 0 Å². The highest BCUT2D eigenvalue weighted by atomic mass is 19.1. The van der Waals surface area contributed by atoms with Gasteiger partial charge in [0.15, 0.2) is 0 Å². The molecule has 3 rings (SSSR count). The Hall–Kier alpha value is -3.02. The molecule has 25 heavy (non-hydrogen) atoms. The molecule has 5 nitrogen and oxygen atoms in total. The van der Waals surface area contributed by atoms with Crippen molar-refractivity contribution in [2.45, 2.75) is 26.4 Å². The van der Waals surface area contributed by atoms with Crippen LogP contribution >= 0.6 is 0 Å². The zero-order valence-corrected chi connectivity index (χ0v) is 13.8. The Morgan fingerprint density at radius 3 is 2.84 bits per heavy atom. The van der Waals surface area contributed by atoms with Gasteiger partial charge in [0.2, 0.25) is 5.91 Å². The first kappa shape index (κ1) is 16.8. The maximum atomic E-state index is 13.1. The van der Waals surface area contributed by atoms with Crippen molar-refractivity contribution in [1.82, 2.24) is 14.9 Å². The molecular formula is C19H18FN3O2. The summed E-state index contributed by atoms with van der Waals surface area (Å²) in [5.41, 5.74) is 2.15. The summed E-state index contributed by atoms with van der Waals surface area (Å²) in [7, 11) is 0. The van der Waals surface area contributed by atoms with E-state index in [1.54, 1.807) is 18.2 Å². The van der Waals surface area contributed by atoms with Gasteiger partial charge < -0.3 is 5.32 Å². The SMILES string of the molecule is Cc1cccc2c(=O)n(CCC(=O)NCc3cccc(F)c3)cnc12. The summed E-state index contributed by atoms with van der Waals surface area (Å²) in [6.45, 7) is 2.39. The number of rotatable bonds is 5. The summed E-state index contributed by atoms with van der Waals surface area (Å²) in [4.78, 5) is 28.7. The van der Waals surface area contributed by atoms with Crippen LogP contribution in [0.15, 0.2) is 53.6 Å². The number of hydrogen-bond acceptors (Lipinski definition) is 3. The molecule has 0 radical (unpaired) electrons. The molecule has 0 bridgehead atoms. The van der Waals surface area contributed by atoms with E-state index in [0.717, 1.165) is 5.56 Å². The van der Waals surface area contributed by atoms with Crippen molar-refractivity contribution < 1.29 is 9.18 Å². The zero-order chi connectivity index (χ0) is 17.8. The smallest absolute Gasteiger partial charge is 0.261 e. The molecule has 1 heterocycles. The van der Waals surface area contributed by atoms with Gasteiger partial charge in [-0.3, -0.25) is 14.2 Å². The van der Waals surface area contributed by atoms with Gasteiger partial charge in [-0.2, -0.15) is 0 Å². The molecule has 0 spiro atoms. The van der Waals surface area contributed by atoms with E-state index >= 15 is 0 Å². The number of aryl methyl sites for hydroxylation is 2. The molecule has 128 valence electrons. The first-order valence-corrected chi connectivity index (χ1v) is 8.00. The Bertz CT molecular complexity index is 982. The van der Waals surface area contributed by atoms with Gasteiger partial charge in [0.1, 0.15) is 5.82 Å². The van der Waals surface area contributed by atoms with Crippen LogP contribution in [0.25, 0.3) is 10.9 Å². The largest absolute Gasteiger partial charge is 0.352 e. The Kier molecular flexibility index (Phi) is 4.88. The molecular weight excluding hydrogens is 321 g/mol. The Morgan fingerprint density at radius 1 is 1.24 bits per heavy atom. The van der Waals surface area contributed by atoms with E-state index in [1.807, 2.05) is 19.1 Å². The summed E-state index contributed by atoms with van der Waals surface area (Å²) < 4.78 is 14.5. The van der Waals surface area contributed by atoms with Crippen molar-refractivity contribution in [3.8, 4) is 0 Å². The molecule has 1 aromatic heterocycles. The van der Waals surface area contributed by atoms with Crippen molar-refractivity contribution in [3.63, 3.8) is 0 Å². The third kappa shape index (κ3) is 3.91. The fourth-order valence-electron chi connectivity index (χ4n) is 2.65. The second kappa shape index (κ2) is 7.25. The number of aromatic nitrogens is 2. The molecule has 0 aliphatic rings. The number of nitrogens with one attached hydrogen (secondary N) is 1. The molecule has 0 fully saturated rings. The maximum absolute atomic E-state index is 13.1. The summed E-state index contributed by atoms with van der Waals surface area (Å²) in [6, 6.07) is 11.5. The number of para-hydroxylation sites is 1. The maximum Gasteiger partial charge on any atom is 0.261 e. The molecule has 0 atom stereocenters. The predicted octanol–water partition coefficient (Wildman–Crippen LogP) is 2.55. The van der Waals surface area contributed by atoms with Gasteiger partial charge in [-0.05, 0) is 36.2 Å². The first-order chi connectivity index (χ1) is 12.0. The van der Waals surface area contributed by atoms with Gasteiger partial charge >= 0.3 is 0 Å². The highest BCUT2D eigenvalue weighted by Crippen LogP contribution is 2.11. The second-order valence-corrected chi connectivity index (χ2v) is 5.87. The molecule has 6 heteroatoms. The van der Waals surface area contributed by atoms with Crippen molar-refractivity contribution >= 4 is 16.8 Å². The molecule has 0 aliphatic heterocycles. The number of fused-ring (bicyclic) bond motifs is 1. The number of carbonyl (C=O) groups is 1. The summed E-state index contributed by atoms with van der Waals surface area (Å²) in [6.07, 6.45) is 1.62. The van der Waals surface area contributed by atoms with E-state index in [1.165, 1.54) is 23.0 Å². The lowest BCUT2D eigenvalue weighted by molar-refractivity contribution is -0.121. The topological polar surface area (TPSA) is 64.0 Å². The van der Waals surface area contributed by atoms with Crippen molar-refractivity contribution in [3.05, 3.63) is 76.1 Å². The van der Waals surface area contributed by atoms with Gasteiger partial charge in [-0.1, -0.05) is 24.3 Å². The average molecular weight is 339 g/mol. The average Bonchev–Trinajstić information content (AvgIpc) is 2.60. The van der Waals surface area contributed by atoms with Crippen LogP contribution in [0.1, 0.15) is 17.5 Å². The summed E-state index contributed by atoms with van der Waals surface area (Å²) in [5.74, 6) is -0.545. The predicted molar refractivity (Wildman–Crippen MR) is 93.6 cm³/mol. The van der Waals surface area contributed by atoms with E-state index in [2.05, 4.69) is 10.3 Å². The highest BCUT2D eigenvalue weighted by Gasteiger charge is 2.08. The standard InChI is InChI=1S/C19H18FN3O2/c1-13-4-2-7-16-18(13)22-12-23(19(16)25)9-8-17(24)21-11-14-5-3-6-15(20)10-14/h2-7,10,12H,8-9,11H2,1H3,(H,21,24). The first-order valence-electron chi connectivity index (χ1n) is 8.00. The van der Waals surface area contributed by atoms with Crippen LogP contribution in [0, 0.1) is 12.7 Å². The Labute approximate surface area is 144 Å². The molecule has 0 aliphatic carbocycles. The van der Waals surface area contributed by atoms with Crippen LogP contribution in [0.3, 0.4) is 0 Å². The van der Waals surface area contributed by atoms with Crippen molar-refractivity contribution in [2.75, 3.05) is 0 Å². The number of carbonyl (C=O) groups excluding carboxylic acids is 1. The monoisotopic (exact) mass is 339 g/mol. The fourth-order valence-corrected chi connectivity index (χ4v) is 2.65. The van der Waals surface area contributed by atoms with Crippen molar-refractivity contribution in [2.24, 2.45) is 0 Å². The lowest BCUT2D eigenvalue weighted by Gasteiger charge is -2.08. The molecule has 2 aromatic carbocycles. The van der Waals surface area contributed by atoms with Crippen LogP contribution in [0.4, 0.5) is 4.39 Å². The number of hydrogen-bond donors (Lipinski definition) is 1. The molecule has 0 unspecified atom stereocenters. The molecule has 1 N–H and O–H groups in total. The van der Waals surface area contributed by atoms with Gasteiger partial charge in [0.25, 0.3) is 5.56 Å². The van der Waals surface area contributed by atoms with Gasteiger partial charge in [-0.25, -0.2) is 9.37 Å². The Balaban J connectivity index is 1.63. The molecule has 0 saturated heterocycles. The highest BCUT2D eigenvalue weighted by molar-refractivity contribution is 5.80. The minimum Gasteiger partial charge on any atom is -0.352 e. The second-order valence-electron chi connectivity index (χ2n) is 5.87. The fraction of sp³-hybridized carbons (Fsp3) is 0.211. The van der Waals surface area contributed by atoms with E-state index in [4.69, 9.17) is 0 Å². The lowest BCUT2D eigenvalue weighted by Crippen LogP contribution is -2.27. The van der Waals surface area contributed by atoms with Crippen LogP contribution in [-0.2, 0) is 17.9 Å². The quantitative estimate of drug-likeness (QED) is 0.777. The third-order valence-corrected chi connectivity index (χ3v) is 4.01. The number of nitrogens with zero attached hydrogens (tertiary/aromatic N) is 2. The Morgan fingerprint density at radius 2 is 2.04 bits per heavy atom. The molecule has 1 amide bonds. The van der Waals surface area contributed by atoms with E-state index in [-0.39, 0.29) is 36.8 Å². The van der Waals surface area contributed by atoms with Gasteiger partial charge in [0.05, 0.1) is 17.2 Å². The van der Waals surface area contributed by atoms with Gasteiger partial charge in [-0.15, -0.1) is 0 Å². The molecule has 3 aromatic rings. The number of halogens is 1. The van der Waals surface area contributed by atoms with Gasteiger partial charge in [0, 0.05) is 19.5 Å². The number of benzene rings is 2. The van der Waals surface area contributed by atoms with Crippen LogP contribution in [0.2, 0.25) is 0 Å². The number of amides is 1. The van der Waals surface area contributed by atoms with Crippen LogP contribution in [-0.4, -0.2) is 15.5 Å². The minimum absolute atomic E-state index is 0.147. The van der Waals surface area contributed by atoms with Crippen LogP contribution in [0.5, 0.6) is 0 Å². The summed E-state index contributed by atoms with van der Waals surface area (Å²) in [5, 5.41) is 3.26. The van der Waals surface area contributed by atoms with E-state index < -0.39 is 0 Å². The van der Waals surface area contributed by atoms with E-state index in [9.17, 15) is 14.0 Å². The zero-order valence-electron chi connectivity index (χ0n) is 13.8. The lowest BCUT2D eigenvalue weighted by atomic mass is 10.1. The minimum atomic E-state index is -0.337. The third-order valence-electron chi connectivity index (χ3n) is 4.01. The van der Waals surface area contributed by atoms with E-state index in [0.29, 0.717) is 16.5 Å².